The molecule has 0 spiro atoms. The highest BCUT2D eigenvalue weighted by Crippen LogP contribution is 2.11. The number of ether oxygens (including phenoxy) is 1. The third kappa shape index (κ3) is 6.35. The van der Waals surface area contributed by atoms with Crippen molar-refractivity contribution in [3.8, 4) is 0 Å². The van der Waals surface area contributed by atoms with Crippen LogP contribution in [-0.4, -0.2) is 43.6 Å². The van der Waals surface area contributed by atoms with Crippen molar-refractivity contribution in [2.45, 2.75) is 58.4 Å². The molecular weight excluding hydrogens is 254 g/mol. The van der Waals surface area contributed by atoms with Crippen LogP contribution in [0.2, 0.25) is 0 Å². The largest absolute Gasteiger partial charge is 0.459 e. The van der Waals surface area contributed by atoms with Crippen LogP contribution in [0.25, 0.3) is 0 Å². The zero-order chi connectivity index (χ0) is 14.6. The summed E-state index contributed by atoms with van der Waals surface area (Å²) in [5.41, 5.74) is -0.664. The van der Waals surface area contributed by atoms with Gasteiger partial charge in [0.05, 0.1) is 5.25 Å². The number of esters is 1. The molecular formula is C12H25NO4S. The van der Waals surface area contributed by atoms with Gasteiger partial charge in [0.1, 0.15) is 11.4 Å². The maximum absolute atomic E-state index is 12.0. The molecule has 0 aliphatic heterocycles. The minimum absolute atomic E-state index is 0.192. The van der Waals surface area contributed by atoms with Gasteiger partial charge in [-0.1, -0.05) is 6.92 Å². The standard InChI is InChI=1S/C12H25NO4S/c1-7-13-9(2)10(3)18(15,16)8-11(14)17-12(4,5)6/h9-10,13H,7-8H2,1-6H3. The number of rotatable bonds is 6. The average molecular weight is 279 g/mol. The van der Waals surface area contributed by atoms with Gasteiger partial charge in [-0.3, -0.25) is 4.79 Å². The molecule has 0 amide bonds. The molecule has 2 unspecified atom stereocenters. The molecule has 0 saturated heterocycles. The molecule has 0 aromatic heterocycles. The number of nitrogens with one attached hydrogen (secondary N) is 1. The summed E-state index contributed by atoms with van der Waals surface area (Å²) >= 11 is 0. The van der Waals surface area contributed by atoms with Crippen LogP contribution in [0.3, 0.4) is 0 Å². The molecule has 0 fully saturated rings. The molecule has 1 N–H and O–H groups in total. The number of carbonyl (C=O) groups excluding carboxylic acids is 1. The van der Waals surface area contributed by atoms with Gasteiger partial charge < -0.3 is 10.1 Å². The second-order valence-electron chi connectivity index (χ2n) is 5.45. The van der Waals surface area contributed by atoms with E-state index in [-0.39, 0.29) is 6.04 Å². The van der Waals surface area contributed by atoms with E-state index in [1.54, 1.807) is 34.6 Å². The smallest absolute Gasteiger partial charge is 0.321 e. The molecule has 0 rings (SSSR count). The Hall–Kier alpha value is -0.620. The summed E-state index contributed by atoms with van der Waals surface area (Å²) in [4.78, 5) is 11.5. The highest BCUT2D eigenvalue weighted by molar-refractivity contribution is 7.92. The molecule has 0 aliphatic carbocycles. The van der Waals surface area contributed by atoms with E-state index in [1.807, 2.05) is 6.92 Å². The Bertz CT molecular complexity index is 370. The normalized spacial score (nSPS) is 16.1. The minimum atomic E-state index is -3.49. The van der Waals surface area contributed by atoms with E-state index >= 15 is 0 Å². The lowest BCUT2D eigenvalue weighted by Crippen LogP contribution is -2.43. The van der Waals surface area contributed by atoms with Gasteiger partial charge >= 0.3 is 5.97 Å². The molecule has 0 saturated carbocycles. The zero-order valence-corrected chi connectivity index (χ0v) is 12.9. The molecule has 18 heavy (non-hydrogen) atoms. The molecule has 0 aromatic carbocycles. The van der Waals surface area contributed by atoms with Crippen LogP contribution in [0.5, 0.6) is 0 Å². The molecule has 0 bridgehead atoms. The van der Waals surface area contributed by atoms with Crippen LogP contribution in [0, 0.1) is 0 Å². The maximum atomic E-state index is 12.0. The highest BCUT2D eigenvalue weighted by atomic mass is 32.2. The Kier molecular flexibility index (Phi) is 6.29. The van der Waals surface area contributed by atoms with E-state index < -0.39 is 32.4 Å². The van der Waals surface area contributed by atoms with Crippen LogP contribution in [0.4, 0.5) is 0 Å². The molecule has 2 atom stereocenters. The van der Waals surface area contributed by atoms with Crippen LogP contribution in [-0.2, 0) is 19.4 Å². The predicted molar refractivity (Wildman–Crippen MR) is 72.2 cm³/mol. The van der Waals surface area contributed by atoms with Gasteiger partial charge in [0.15, 0.2) is 9.84 Å². The quantitative estimate of drug-likeness (QED) is 0.738. The Morgan fingerprint density at radius 3 is 2.17 bits per heavy atom. The molecule has 6 heteroatoms. The van der Waals surface area contributed by atoms with Crippen LogP contribution < -0.4 is 5.32 Å². The van der Waals surface area contributed by atoms with Crippen molar-refractivity contribution in [3.05, 3.63) is 0 Å². The summed E-state index contributed by atoms with van der Waals surface area (Å²) in [5, 5.41) is 2.42. The first-order chi connectivity index (χ1) is 7.99. The molecule has 5 nitrogen and oxygen atoms in total. The summed E-state index contributed by atoms with van der Waals surface area (Å²) in [6, 6.07) is -0.192. The van der Waals surface area contributed by atoms with Gasteiger partial charge in [-0.15, -0.1) is 0 Å². The third-order valence-electron chi connectivity index (χ3n) is 2.54. The monoisotopic (exact) mass is 279 g/mol. The highest BCUT2D eigenvalue weighted by Gasteiger charge is 2.30. The SMILES string of the molecule is CCNC(C)C(C)S(=O)(=O)CC(=O)OC(C)(C)C. The van der Waals surface area contributed by atoms with Gasteiger partial charge in [-0.25, -0.2) is 8.42 Å². The Labute approximate surface area is 110 Å². The van der Waals surface area contributed by atoms with Gasteiger partial charge in [0.2, 0.25) is 0 Å². The predicted octanol–water partition coefficient (Wildman–Crippen LogP) is 1.13. The topological polar surface area (TPSA) is 72.5 Å². The lowest BCUT2D eigenvalue weighted by Gasteiger charge is -2.23. The zero-order valence-electron chi connectivity index (χ0n) is 12.1. The van der Waals surface area contributed by atoms with Crippen LogP contribution in [0.1, 0.15) is 41.5 Å². The van der Waals surface area contributed by atoms with E-state index in [1.165, 1.54) is 0 Å². The maximum Gasteiger partial charge on any atom is 0.321 e. The summed E-state index contributed by atoms with van der Waals surface area (Å²) in [6.07, 6.45) is 0. The van der Waals surface area contributed by atoms with Gasteiger partial charge in [0, 0.05) is 6.04 Å². The van der Waals surface area contributed by atoms with E-state index in [9.17, 15) is 13.2 Å². The van der Waals surface area contributed by atoms with Crippen LogP contribution >= 0.6 is 0 Å². The Balaban J connectivity index is 4.61. The van der Waals surface area contributed by atoms with Crippen molar-refractivity contribution in [2.24, 2.45) is 0 Å². The Morgan fingerprint density at radius 2 is 1.78 bits per heavy atom. The number of carbonyl (C=O) groups is 1. The number of hydrogen-bond acceptors (Lipinski definition) is 5. The molecule has 0 radical (unpaired) electrons. The molecule has 108 valence electrons. The van der Waals surface area contributed by atoms with Gasteiger partial charge in [-0.05, 0) is 41.2 Å². The van der Waals surface area contributed by atoms with Crippen molar-refractivity contribution in [3.63, 3.8) is 0 Å². The van der Waals surface area contributed by atoms with E-state index in [4.69, 9.17) is 4.74 Å². The van der Waals surface area contributed by atoms with Gasteiger partial charge in [0.25, 0.3) is 0 Å². The molecule has 0 heterocycles. The van der Waals surface area contributed by atoms with Crippen molar-refractivity contribution in [2.75, 3.05) is 12.3 Å². The van der Waals surface area contributed by atoms with Crippen LogP contribution in [0.15, 0.2) is 0 Å². The lowest BCUT2D eigenvalue weighted by atomic mass is 10.2. The van der Waals surface area contributed by atoms with Crippen molar-refractivity contribution >= 4 is 15.8 Å². The van der Waals surface area contributed by atoms with E-state index in [0.29, 0.717) is 6.54 Å². The first kappa shape index (κ1) is 17.4. The fourth-order valence-electron chi connectivity index (χ4n) is 1.47. The van der Waals surface area contributed by atoms with E-state index in [0.717, 1.165) is 0 Å². The van der Waals surface area contributed by atoms with Crippen molar-refractivity contribution < 1.29 is 17.9 Å². The van der Waals surface area contributed by atoms with Crippen molar-refractivity contribution in [1.82, 2.24) is 5.32 Å². The van der Waals surface area contributed by atoms with E-state index in [2.05, 4.69) is 5.32 Å². The molecule has 0 aliphatic rings. The fourth-order valence-corrected chi connectivity index (χ4v) is 2.83. The number of sulfone groups is 1. The average Bonchev–Trinajstić information content (AvgIpc) is 2.12. The van der Waals surface area contributed by atoms with Gasteiger partial charge in [-0.2, -0.15) is 0 Å². The summed E-state index contributed by atoms with van der Waals surface area (Å²) in [7, 11) is -3.49. The second kappa shape index (κ2) is 6.52. The summed E-state index contributed by atoms with van der Waals surface area (Å²) in [5.74, 6) is -1.26. The molecule has 0 aromatic rings. The third-order valence-corrected chi connectivity index (χ3v) is 4.71. The number of hydrogen-bond donors (Lipinski definition) is 1. The minimum Gasteiger partial charge on any atom is -0.459 e. The summed E-state index contributed by atoms with van der Waals surface area (Å²) < 4.78 is 29.0. The first-order valence-corrected chi connectivity index (χ1v) is 7.88. The van der Waals surface area contributed by atoms with Crippen molar-refractivity contribution in [1.29, 1.82) is 0 Å². The summed E-state index contributed by atoms with van der Waals surface area (Å²) in [6.45, 7) is 11.1. The fraction of sp³-hybridized carbons (Fsp3) is 0.917. The second-order valence-corrected chi connectivity index (χ2v) is 7.80. The lowest BCUT2D eigenvalue weighted by molar-refractivity contribution is -0.151. The Morgan fingerprint density at radius 1 is 1.28 bits per heavy atom. The first-order valence-electron chi connectivity index (χ1n) is 6.16.